The van der Waals surface area contributed by atoms with Gasteiger partial charge in [-0.2, -0.15) is 0 Å². The topological polar surface area (TPSA) is 55.1 Å². The third-order valence-corrected chi connectivity index (χ3v) is 4.87. The third-order valence-electron chi connectivity index (χ3n) is 3.68. The van der Waals surface area contributed by atoms with Crippen molar-refractivity contribution in [2.24, 2.45) is 5.92 Å². The molecule has 0 bridgehead atoms. The molecule has 3 N–H and O–H groups in total. The summed E-state index contributed by atoms with van der Waals surface area (Å²) in [7, 11) is 0. The fourth-order valence-corrected chi connectivity index (χ4v) is 3.57. The summed E-state index contributed by atoms with van der Waals surface area (Å²) in [5.41, 5.74) is 8.24. The van der Waals surface area contributed by atoms with Crippen LogP contribution < -0.4 is 11.1 Å². The van der Waals surface area contributed by atoms with Gasteiger partial charge in [-0.25, -0.2) is 0 Å². The van der Waals surface area contributed by atoms with Crippen molar-refractivity contribution in [3.05, 3.63) is 10.4 Å². The third kappa shape index (κ3) is 2.14. The molecule has 1 heterocycles. The molecule has 4 heteroatoms. The van der Waals surface area contributed by atoms with E-state index in [4.69, 9.17) is 5.73 Å². The SMILES string of the molecule is CCCNc1sc(C(=O)C2CC2)c(N)c1C1CC1. The molecule has 0 aromatic carbocycles. The molecule has 2 saturated carbocycles. The Morgan fingerprint density at radius 1 is 1.39 bits per heavy atom. The Morgan fingerprint density at radius 2 is 2.11 bits per heavy atom. The van der Waals surface area contributed by atoms with E-state index in [0.717, 1.165) is 41.4 Å². The summed E-state index contributed by atoms with van der Waals surface area (Å²) in [6.07, 6.45) is 5.63. The number of nitrogens with one attached hydrogen (secondary N) is 1. The molecule has 3 rings (SSSR count). The van der Waals surface area contributed by atoms with Crippen LogP contribution in [0.5, 0.6) is 0 Å². The molecule has 18 heavy (non-hydrogen) atoms. The highest BCUT2D eigenvalue weighted by Crippen LogP contribution is 2.52. The van der Waals surface area contributed by atoms with Crippen LogP contribution in [0, 0.1) is 5.92 Å². The lowest BCUT2D eigenvalue weighted by Crippen LogP contribution is -2.03. The van der Waals surface area contributed by atoms with E-state index in [2.05, 4.69) is 12.2 Å². The van der Waals surface area contributed by atoms with Crippen molar-refractivity contribution >= 4 is 27.8 Å². The zero-order valence-electron chi connectivity index (χ0n) is 10.8. The first-order valence-electron chi connectivity index (χ1n) is 6.92. The van der Waals surface area contributed by atoms with Crippen LogP contribution >= 0.6 is 11.3 Å². The van der Waals surface area contributed by atoms with Gasteiger partial charge in [-0.05, 0) is 38.0 Å². The minimum absolute atomic E-state index is 0.261. The summed E-state index contributed by atoms with van der Waals surface area (Å²) < 4.78 is 0. The smallest absolute Gasteiger partial charge is 0.178 e. The molecule has 1 aromatic rings. The van der Waals surface area contributed by atoms with Gasteiger partial charge in [-0.1, -0.05) is 6.92 Å². The Bertz CT molecular complexity index is 472. The van der Waals surface area contributed by atoms with Crippen LogP contribution in [0.4, 0.5) is 10.7 Å². The molecule has 3 nitrogen and oxygen atoms in total. The largest absolute Gasteiger partial charge is 0.397 e. The van der Waals surface area contributed by atoms with Gasteiger partial charge in [0.2, 0.25) is 0 Å². The first kappa shape index (κ1) is 12.0. The second-order valence-electron chi connectivity index (χ2n) is 5.43. The van der Waals surface area contributed by atoms with E-state index in [1.54, 1.807) is 11.3 Å². The van der Waals surface area contributed by atoms with Gasteiger partial charge in [0.25, 0.3) is 0 Å². The molecule has 0 atom stereocenters. The number of hydrogen-bond donors (Lipinski definition) is 2. The Kier molecular flexibility index (Phi) is 3.06. The van der Waals surface area contributed by atoms with Gasteiger partial charge in [0, 0.05) is 18.0 Å². The van der Waals surface area contributed by atoms with Crippen LogP contribution in [-0.4, -0.2) is 12.3 Å². The quantitative estimate of drug-likeness (QED) is 0.771. The van der Waals surface area contributed by atoms with Crippen LogP contribution in [0.1, 0.15) is 60.2 Å². The number of carbonyl (C=O) groups excluding carboxylic acids is 1. The van der Waals surface area contributed by atoms with Gasteiger partial charge in [0.05, 0.1) is 15.6 Å². The summed E-state index contributed by atoms with van der Waals surface area (Å²) >= 11 is 1.59. The lowest BCUT2D eigenvalue weighted by Gasteiger charge is -2.05. The normalized spacial score (nSPS) is 18.9. The monoisotopic (exact) mass is 264 g/mol. The summed E-state index contributed by atoms with van der Waals surface area (Å²) in [4.78, 5) is 13.0. The Labute approximate surface area is 112 Å². The number of Topliss-reactive ketones (excluding diaryl/α,β-unsaturated/α-hetero) is 1. The average Bonchev–Trinajstić information content (AvgIpc) is 3.24. The Balaban J connectivity index is 1.91. The van der Waals surface area contributed by atoms with Crippen LogP contribution in [0.2, 0.25) is 0 Å². The highest BCUT2D eigenvalue weighted by atomic mass is 32.1. The van der Waals surface area contributed by atoms with Gasteiger partial charge >= 0.3 is 0 Å². The highest BCUT2D eigenvalue weighted by molar-refractivity contribution is 7.18. The zero-order valence-corrected chi connectivity index (χ0v) is 11.6. The first-order valence-corrected chi connectivity index (χ1v) is 7.74. The predicted octanol–water partition coefficient (Wildman–Crippen LogP) is 3.62. The van der Waals surface area contributed by atoms with Crippen molar-refractivity contribution in [3.8, 4) is 0 Å². The van der Waals surface area contributed by atoms with Gasteiger partial charge in [-0.3, -0.25) is 4.79 Å². The van der Waals surface area contributed by atoms with E-state index in [1.807, 2.05) is 0 Å². The molecule has 0 radical (unpaired) electrons. The number of rotatable bonds is 6. The molecule has 1 aromatic heterocycles. The molecule has 2 fully saturated rings. The van der Waals surface area contributed by atoms with Crippen molar-refractivity contribution in [1.82, 2.24) is 0 Å². The van der Waals surface area contributed by atoms with Gasteiger partial charge in [0.15, 0.2) is 5.78 Å². The fourth-order valence-electron chi connectivity index (χ4n) is 2.32. The molecule has 0 spiro atoms. The summed E-state index contributed by atoms with van der Waals surface area (Å²) in [5.74, 6) is 1.14. The van der Waals surface area contributed by atoms with Crippen LogP contribution in [-0.2, 0) is 0 Å². The molecule has 0 aliphatic heterocycles. The van der Waals surface area contributed by atoms with E-state index in [0.29, 0.717) is 5.92 Å². The zero-order chi connectivity index (χ0) is 12.7. The lowest BCUT2D eigenvalue weighted by atomic mass is 10.1. The predicted molar refractivity (Wildman–Crippen MR) is 76.5 cm³/mol. The Hall–Kier alpha value is -1.03. The van der Waals surface area contributed by atoms with Gasteiger partial charge < -0.3 is 11.1 Å². The van der Waals surface area contributed by atoms with E-state index in [-0.39, 0.29) is 11.7 Å². The summed E-state index contributed by atoms with van der Waals surface area (Å²) in [6, 6.07) is 0. The highest BCUT2D eigenvalue weighted by Gasteiger charge is 2.37. The van der Waals surface area contributed by atoms with Crippen molar-refractivity contribution in [3.63, 3.8) is 0 Å². The summed E-state index contributed by atoms with van der Waals surface area (Å²) in [6.45, 7) is 3.10. The molecule has 0 unspecified atom stereocenters. The van der Waals surface area contributed by atoms with Crippen molar-refractivity contribution in [2.75, 3.05) is 17.6 Å². The maximum Gasteiger partial charge on any atom is 0.178 e. The first-order chi connectivity index (χ1) is 8.72. The van der Waals surface area contributed by atoms with Gasteiger partial charge in [0.1, 0.15) is 0 Å². The average molecular weight is 264 g/mol. The second kappa shape index (κ2) is 4.57. The molecule has 0 amide bonds. The minimum Gasteiger partial charge on any atom is -0.397 e. The standard InChI is InChI=1S/C14H20N2OS/c1-2-7-16-14-10(8-3-4-8)11(15)13(18-14)12(17)9-5-6-9/h8-9,16H,2-7,15H2,1H3. The molecule has 2 aliphatic rings. The number of carbonyl (C=O) groups is 1. The Morgan fingerprint density at radius 3 is 2.67 bits per heavy atom. The van der Waals surface area contributed by atoms with Crippen molar-refractivity contribution < 1.29 is 4.79 Å². The van der Waals surface area contributed by atoms with E-state index in [1.165, 1.54) is 18.4 Å². The van der Waals surface area contributed by atoms with Crippen LogP contribution in [0.15, 0.2) is 0 Å². The maximum atomic E-state index is 12.2. The van der Waals surface area contributed by atoms with Crippen molar-refractivity contribution in [2.45, 2.75) is 44.9 Å². The lowest BCUT2D eigenvalue weighted by molar-refractivity contribution is 0.0972. The number of thiophene rings is 1. The van der Waals surface area contributed by atoms with Crippen LogP contribution in [0.3, 0.4) is 0 Å². The van der Waals surface area contributed by atoms with Crippen molar-refractivity contribution in [1.29, 1.82) is 0 Å². The molecular formula is C14H20N2OS. The van der Waals surface area contributed by atoms with Crippen LogP contribution in [0.25, 0.3) is 0 Å². The molecular weight excluding hydrogens is 244 g/mol. The second-order valence-corrected chi connectivity index (χ2v) is 6.45. The number of hydrogen-bond acceptors (Lipinski definition) is 4. The summed E-state index contributed by atoms with van der Waals surface area (Å²) in [5, 5.41) is 4.60. The molecule has 2 aliphatic carbocycles. The number of nitrogen functional groups attached to an aromatic ring is 1. The number of nitrogens with two attached hydrogens (primary N) is 1. The molecule has 0 saturated heterocycles. The van der Waals surface area contributed by atoms with E-state index >= 15 is 0 Å². The fraction of sp³-hybridized carbons (Fsp3) is 0.643. The molecule has 98 valence electrons. The minimum atomic E-state index is 0.261. The number of anilines is 2. The van der Waals surface area contributed by atoms with E-state index < -0.39 is 0 Å². The van der Waals surface area contributed by atoms with E-state index in [9.17, 15) is 4.79 Å². The number of ketones is 1. The maximum absolute atomic E-state index is 12.2. The van der Waals surface area contributed by atoms with Gasteiger partial charge in [-0.15, -0.1) is 11.3 Å².